The Kier molecular flexibility index (Phi) is 3.53. The Balaban J connectivity index is 3.11. The maximum atomic E-state index is 13.0. The second-order valence-corrected chi connectivity index (χ2v) is 2.63. The zero-order chi connectivity index (χ0) is 9.68. The Morgan fingerprint density at radius 3 is 2.92 bits per heavy atom. The number of thiol groups is 1. The summed E-state index contributed by atoms with van der Waals surface area (Å²) >= 11 is 3.87. The number of carbonyl (C=O) groups is 1. The molecule has 3 heteroatoms. The third kappa shape index (κ3) is 2.60. The van der Waals surface area contributed by atoms with Crippen LogP contribution in [0.5, 0.6) is 0 Å². The molecule has 0 saturated heterocycles. The minimum atomic E-state index is -0.417. The van der Waals surface area contributed by atoms with E-state index in [2.05, 4.69) is 24.5 Å². The molecule has 0 aliphatic rings. The highest BCUT2D eigenvalue weighted by Gasteiger charge is 1.99. The first-order valence-corrected chi connectivity index (χ1v) is 4.25. The van der Waals surface area contributed by atoms with Crippen LogP contribution in [-0.4, -0.2) is 12.0 Å². The summed E-state index contributed by atoms with van der Waals surface area (Å²) in [6.45, 7) is 0. The van der Waals surface area contributed by atoms with E-state index in [9.17, 15) is 9.18 Å². The Hall–Kier alpha value is -1.27. The summed E-state index contributed by atoms with van der Waals surface area (Å²) in [6, 6.07) is 4.05. The Morgan fingerprint density at radius 2 is 2.31 bits per heavy atom. The third-order valence-electron chi connectivity index (χ3n) is 1.43. The first-order chi connectivity index (χ1) is 6.27. The van der Waals surface area contributed by atoms with Gasteiger partial charge in [-0.2, -0.15) is 12.6 Å². The van der Waals surface area contributed by atoms with E-state index >= 15 is 0 Å². The molecule has 0 aromatic heterocycles. The molecule has 0 aliphatic heterocycles. The van der Waals surface area contributed by atoms with Gasteiger partial charge in [-0.3, -0.25) is 4.79 Å². The number of hydrogen-bond acceptors (Lipinski definition) is 2. The molecule has 66 valence electrons. The Labute approximate surface area is 81.4 Å². The van der Waals surface area contributed by atoms with Gasteiger partial charge in [-0.05, 0) is 18.2 Å². The van der Waals surface area contributed by atoms with E-state index in [4.69, 9.17) is 0 Å². The van der Waals surface area contributed by atoms with Crippen molar-refractivity contribution >= 4 is 18.9 Å². The van der Waals surface area contributed by atoms with Crippen LogP contribution in [0.25, 0.3) is 0 Å². The molecule has 1 rings (SSSR count). The molecule has 0 bridgehead atoms. The van der Waals surface area contributed by atoms with Gasteiger partial charge in [0.05, 0.1) is 11.3 Å². The SMILES string of the molecule is O=Cc1ccc(F)c(C#CCS)c1. The van der Waals surface area contributed by atoms with Gasteiger partial charge in [0.15, 0.2) is 0 Å². The largest absolute Gasteiger partial charge is 0.298 e. The van der Waals surface area contributed by atoms with Gasteiger partial charge in [-0.25, -0.2) is 4.39 Å². The molecule has 0 atom stereocenters. The fourth-order valence-electron chi connectivity index (χ4n) is 0.847. The molecule has 0 heterocycles. The molecule has 0 fully saturated rings. The van der Waals surface area contributed by atoms with Crippen molar-refractivity contribution in [2.45, 2.75) is 0 Å². The average Bonchev–Trinajstić information content (AvgIpc) is 2.17. The number of hydrogen-bond donors (Lipinski definition) is 1. The minimum absolute atomic E-state index is 0.235. The second kappa shape index (κ2) is 4.68. The van der Waals surface area contributed by atoms with Crippen LogP contribution in [0.4, 0.5) is 4.39 Å². The van der Waals surface area contributed by atoms with Crippen LogP contribution < -0.4 is 0 Å². The van der Waals surface area contributed by atoms with E-state index < -0.39 is 5.82 Å². The Morgan fingerprint density at radius 1 is 1.54 bits per heavy atom. The summed E-state index contributed by atoms with van der Waals surface area (Å²) in [5.41, 5.74) is 0.656. The zero-order valence-corrected chi connectivity index (χ0v) is 7.64. The summed E-state index contributed by atoms with van der Waals surface area (Å²) in [5, 5.41) is 0. The maximum absolute atomic E-state index is 13.0. The van der Waals surface area contributed by atoms with Crippen molar-refractivity contribution in [3.8, 4) is 11.8 Å². The summed E-state index contributed by atoms with van der Waals surface area (Å²) in [6.07, 6.45) is 0.658. The smallest absolute Gasteiger partial charge is 0.150 e. The van der Waals surface area contributed by atoms with Crippen molar-refractivity contribution in [1.29, 1.82) is 0 Å². The fourth-order valence-corrected chi connectivity index (χ4v) is 0.926. The van der Waals surface area contributed by atoms with Crippen LogP contribution in [0.3, 0.4) is 0 Å². The molecule has 0 saturated carbocycles. The molecule has 1 aromatic rings. The van der Waals surface area contributed by atoms with Gasteiger partial charge < -0.3 is 0 Å². The molecule has 1 aromatic carbocycles. The highest BCUT2D eigenvalue weighted by molar-refractivity contribution is 7.80. The van der Waals surface area contributed by atoms with Gasteiger partial charge in [-0.15, -0.1) is 0 Å². The van der Waals surface area contributed by atoms with Crippen LogP contribution in [0.1, 0.15) is 15.9 Å². The van der Waals surface area contributed by atoms with Crippen molar-refractivity contribution < 1.29 is 9.18 Å². The van der Waals surface area contributed by atoms with Gasteiger partial charge >= 0.3 is 0 Å². The topological polar surface area (TPSA) is 17.1 Å². The van der Waals surface area contributed by atoms with Crippen molar-refractivity contribution in [2.24, 2.45) is 0 Å². The molecule has 0 N–H and O–H groups in total. The zero-order valence-electron chi connectivity index (χ0n) is 6.75. The highest BCUT2D eigenvalue weighted by atomic mass is 32.1. The van der Waals surface area contributed by atoms with Gasteiger partial charge in [0.1, 0.15) is 12.1 Å². The third-order valence-corrected chi connectivity index (χ3v) is 1.59. The van der Waals surface area contributed by atoms with E-state index in [1.54, 1.807) is 0 Å². The van der Waals surface area contributed by atoms with Gasteiger partial charge in [-0.1, -0.05) is 11.8 Å². The summed E-state index contributed by atoms with van der Waals surface area (Å²) in [4.78, 5) is 10.4. The standard InChI is InChI=1S/C10H7FOS/c11-10-4-3-8(7-12)6-9(10)2-1-5-13/h3-4,6-7,13H,5H2. The number of rotatable bonds is 1. The highest BCUT2D eigenvalue weighted by Crippen LogP contribution is 2.07. The van der Waals surface area contributed by atoms with Crippen LogP contribution in [0.2, 0.25) is 0 Å². The lowest BCUT2D eigenvalue weighted by molar-refractivity contribution is 0.112. The molecule has 0 aliphatic carbocycles. The second-order valence-electron chi connectivity index (χ2n) is 2.32. The lowest BCUT2D eigenvalue weighted by Gasteiger charge is -1.94. The normalized spacial score (nSPS) is 8.77. The summed E-state index contributed by atoms with van der Waals surface area (Å²) < 4.78 is 13.0. The van der Waals surface area contributed by atoms with E-state index in [0.29, 0.717) is 17.6 Å². The lowest BCUT2D eigenvalue weighted by atomic mass is 10.1. The molecule has 1 nitrogen and oxygen atoms in total. The van der Waals surface area contributed by atoms with E-state index in [-0.39, 0.29) is 5.56 Å². The predicted octanol–water partition coefficient (Wildman–Crippen LogP) is 1.92. The predicted molar refractivity (Wildman–Crippen MR) is 52.5 cm³/mol. The molecule has 0 amide bonds. The van der Waals surface area contributed by atoms with Crippen LogP contribution in [0, 0.1) is 17.7 Å². The average molecular weight is 194 g/mol. The van der Waals surface area contributed by atoms with Gasteiger partial charge in [0, 0.05) is 5.56 Å². The molecule has 13 heavy (non-hydrogen) atoms. The van der Waals surface area contributed by atoms with E-state index in [0.717, 1.165) is 0 Å². The number of aldehydes is 1. The van der Waals surface area contributed by atoms with Gasteiger partial charge in [0.2, 0.25) is 0 Å². The van der Waals surface area contributed by atoms with E-state index in [1.165, 1.54) is 18.2 Å². The van der Waals surface area contributed by atoms with Crippen LogP contribution in [-0.2, 0) is 0 Å². The number of halogens is 1. The van der Waals surface area contributed by atoms with Crippen LogP contribution >= 0.6 is 12.6 Å². The molecular weight excluding hydrogens is 187 g/mol. The summed E-state index contributed by atoms with van der Waals surface area (Å²) in [7, 11) is 0. The quantitative estimate of drug-likeness (QED) is 0.410. The fraction of sp³-hybridized carbons (Fsp3) is 0.100. The molecular formula is C10H7FOS. The van der Waals surface area contributed by atoms with Gasteiger partial charge in [0.25, 0.3) is 0 Å². The van der Waals surface area contributed by atoms with Crippen molar-refractivity contribution in [3.05, 3.63) is 35.1 Å². The first-order valence-electron chi connectivity index (χ1n) is 3.62. The lowest BCUT2D eigenvalue weighted by Crippen LogP contribution is -1.87. The first kappa shape index (κ1) is 9.82. The van der Waals surface area contributed by atoms with Crippen molar-refractivity contribution in [1.82, 2.24) is 0 Å². The molecule has 0 radical (unpaired) electrons. The van der Waals surface area contributed by atoms with Crippen LogP contribution in [0.15, 0.2) is 18.2 Å². The maximum Gasteiger partial charge on any atom is 0.150 e. The monoisotopic (exact) mass is 194 g/mol. The number of carbonyl (C=O) groups excluding carboxylic acids is 1. The van der Waals surface area contributed by atoms with Crippen molar-refractivity contribution in [2.75, 3.05) is 5.75 Å². The number of benzene rings is 1. The molecule has 0 spiro atoms. The molecule has 0 unspecified atom stereocenters. The van der Waals surface area contributed by atoms with E-state index in [1.807, 2.05) is 0 Å². The van der Waals surface area contributed by atoms with Crippen molar-refractivity contribution in [3.63, 3.8) is 0 Å². The minimum Gasteiger partial charge on any atom is -0.298 e. The Bertz CT molecular complexity index is 376. The summed E-state index contributed by atoms with van der Waals surface area (Å²) in [5.74, 6) is 5.14.